The number of aryl methyl sites for hydroxylation is 1. The summed E-state index contributed by atoms with van der Waals surface area (Å²) in [6.07, 6.45) is 4.43. The molecule has 1 aromatic rings. The van der Waals surface area contributed by atoms with E-state index in [0.717, 1.165) is 19.3 Å². The lowest BCUT2D eigenvalue weighted by atomic mass is 9.78. The molecular weight excluding hydrogens is 278 g/mol. The van der Waals surface area contributed by atoms with Crippen LogP contribution in [0.1, 0.15) is 36.8 Å². The van der Waals surface area contributed by atoms with Gasteiger partial charge in [-0.2, -0.15) is 0 Å². The van der Waals surface area contributed by atoms with E-state index in [1.807, 2.05) is 0 Å². The summed E-state index contributed by atoms with van der Waals surface area (Å²) in [5.41, 5.74) is 2.89. The second-order valence-electron chi connectivity index (χ2n) is 6.61. The van der Waals surface area contributed by atoms with Gasteiger partial charge in [-0.3, -0.25) is 4.79 Å². The van der Waals surface area contributed by atoms with Crippen LogP contribution in [0.25, 0.3) is 0 Å². The third-order valence-corrected chi connectivity index (χ3v) is 5.15. The first kappa shape index (κ1) is 15.5. The fourth-order valence-corrected chi connectivity index (χ4v) is 3.94. The van der Waals surface area contributed by atoms with Gasteiger partial charge in [0.2, 0.25) is 5.91 Å². The molecular formula is C18H25NO3. The first-order valence-electron chi connectivity index (χ1n) is 8.20. The highest BCUT2D eigenvalue weighted by atomic mass is 16.5. The van der Waals surface area contributed by atoms with Crippen LogP contribution < -0.4 is 5.32 Å². The van der Waals surface area contributed by atoms with Crippen molar-refractivity contribution in [3.63, 3.8) is 0 Å². The van der Waals surface area contributed by atoms with Gasteiger partial charge in [0.1, 0.15) is 0 Å². The first-order chi connectivity index (χ1) is 10.7. The highest BCUT2D eigenvalue weighted by Crippen LogP contribution is 2.60. The molecule has 1 amide bonds. The molecule has 3 rings (SSSR count). The van der Waals surface area contributed by atoms with Crippen molar-refractivity contribution in [2.24, 2.45) is 5.92 Å². The Hall–Kier alpha value is -1.39. The summed E-state index contributed by atoms with van der Waals surface area (Å²) in [7, 11) is 1.57. The minimum Gasteiger partial charge on any atom is -0.391 e. The van der Waals surface area contributed by atoms with Gasteiger partial charge in [0, 0.05) is 25.0 Å². The zero-order valence-corrected chi connectivity index (χ0v) is 13.2. The van der Waals surface area contributed by atoms with Crippen molar-refractivity contribution >= 4 is 5.91 Å². The maximum Gasteiger partial charge on any atom is 0.224 e. The molecule has 1 aromatic carbocycles. The van der Waals surface area contributed by atoms with Crippen LogP contribution in [-0.2, 0) is 21.4 Å². The highest BCUT2D eigenvalue weighted by molar-refractivity contribution is 5.84. The smallest absolute Gasteiger partial charge is 0.224 e. The SMILES string of the molecule is COCC(O)CCNC(=O)C1CC12CCCc1ccccc12. The van der Waals surface area contributed by atoms with Gasteiger partial charge in [-0.1, -0.05) is 24.3 Å². The number of rotatable bonds is 6. The lowest BCUT2D eigenvalue weighted by molar-refractivity contribution is -0.122. The number of aliphatic hydroxyl groups excluding tert-OH is 1. The van der Waals surface area contributed by atoms with Crippen LogP contribution in [-0.4, -0.2) is 37.4 Å². The summed E-state index contributed by atoms with van der Waals surface area (Å²) < 4.78 is 4.89. The summed E-state index contributed by atoms with van der Waals surface area (Å²) in [6.45, 7) is 0.828. The van der Waals surface area contributed by atoms with E-state index in [1.54, 1.807) is 7.11 Å². The normalized spacial score (nSPS) is 27.3. The van der Waals surface area contributed by atoms with Crippen LogP contribution in [0.2, 0.25) is 0 Å². The standard InChI is InChI=1S/C18H25NO3/c1-22-12-14(20)8-10-19-17(21)16-11-18(16)9-4-6-13-5-2-3-7-15(13)18/h2-3,5,7,14,16,20H,4,6,8-12H2,1H3,(H,19,21). The largest absolute Gasteiger partial charge is 0.391 e. The summed E-state index contributed by atoms with van der Waals surface area (Å²) >= 11 is 0. The van der Waals surface area contributed by atoms with Crippen LogP contribution in [0.15, 0.2) is 24.3 Å². The molecule has 2 aliphatic carbocycles. The molecule has 120 valence electrons. The fourth-order valence-electron chi connectivity index (χ4n) is 3.94. The summed E-state index contributed by atoms with van der Waals surface area (Å²) in [5.74, 6) is 0.245. The maximum atomic E-state index is 12.4. The third kappa shape index (κ3) is 2.90. The summed E-state index contributed by atoms with van der Waals surface area (Å²) in [5, 5.41) is 12.6. The van der Waals surface area contributed by atoms with Gasteiger partial charge in [-0.15, -0.1) is 0 Å². The average molecular weight is 303 g/mol. The Morgan fingerprint density at radius 2 is 2.32 bits per heavy atom. The number of hydrogen-bond acceptors (Lipinski definition) is 3. The number of fused-ring (bicyclic) bond motifs is 2. The number of ether oxygens (including phenoxy) is 1. The zero-order valence-electron chi connectivity index (χ0n) is 13.2. The Morgan fingerprint density at radius 3 is 3.14 bits per heavy atom. The molecule has 0 saturated heterocycles. The van der Waals surface area contributed by atoms with Crippen molar-refractivity contribution in [1.29, 1.82) is 0 Å². The van der Waals surface area contributed by atoms with E-state index in [1.165, 1.54) is 17.5 Å². The number of benzene rings is 1. The van der Waals surface area contributed by atoms with Crippen molar-refractivity contribution in [3.05, 3.63) is 35.4 Å². The van der Waals surface area contributed by atoms with Gasteiger partial charge in [-0.05, 0) is 43.2 Å². The molecule has 3 unspecified atom stereocenters. The lowest BCUT2D eigenvalue weighted by Crippen LogP contribution is -2.32. The van der Waals surface area contributed by atoms with E-state index in [9.17, 15) is 9.90 Å². The van der Waals surface area contributed by atoms with Crippen LogP contribution in [0, 0.1) is 5.92 Å². The van der Waals surface area contributed by atoms with Crippen molar-refractivity contribution in [3.8, 4) is 0 Å². The Balaban J connectivity index is 1.57. The van der Waals surface area contributed by atoms with Crippen molar-refractivity contribution in [1.82, 2.24) is 5.32 Å². The molecule has 1 saturated carbocycles. The molecule has 22 heavy (non-hydrogen) atoms. The van der Waals surface area contributed by atoms with Gasteiger partial charge in [0.15, 0.2) is 0 Å². The predicted octanol–water partition coefficient (Wildman–Crippen LogP) is 1.79. The molecule has 3 atom stereocenters. The summed E-state index contributed by atoms with van der Waals surface area (Å²) in [6, 6.07) is 8.57. The number of carbonyl (C=O) groups excluding carboxylic acids is 1. The monoisotopic (exact) mass is 303 g/mol. The Morgan fingerprint density at radius 1 is 1.50 bits per heavy atom. The number of methoxy groups -OCH3 is 1. The second kappa shape index (κ2) is 6.39. The minimum absolute atomic E-state index is 0.0874. The number of carbonyl (C=O) groups is 1. The molecule has 2 N–H and O–H groups in total. The molecule has 4 nitrogen and oxygen atoms in total. The lowest BCUT2D eigenvalue weighted by Gasteiger charge is -2.26. The van der Waals surface area contributed by atoms with Crippen LogP contribution >= 0.6 is 0 Å². The van der Waals surface area contributed by atoms with Gasteiger partial charge in [-0.25, -0.2) is 0 Å². The molecule has 0 heterocycles. The van der Waals surface area contributed by atoms with E-state index in [0.29, 0.717) is 19.6 Å². The fraction of sp³-hybridized carbons (Fsp3) is 0.611. The van der Waals surface area contributed by atoms with E-state index >= 15 is 0 Å². The number of aliphatic hydroxyl groups is 1. The quantitative estimate of drug-likeness (QED) is 0.842. The molecule has 2 aliphatic rings. The Kier molecular flexibility index (Phi) is 4.50. The van der Waals surface area contributed by atoms with Crippen molar-refractivity contribution < 1.29 is 14.6 Å². The van der Waals surface area contributed by atoms with Crippen LogP contribution in [0.3, 0.4) is 0 Å². The van der Waals surface area contributed by atoms with Crippen LogP contribution in [0.5, 0.6) is 0 Å². The third-order valence-electron chi connectivity index (χ3n) is 5.15. The molecule has 0 aliphatic heterocycles. The minimum atomic E-state index is -0.506. The second-order valence-corrected chi connectivity index (χ2v) is 6.61. The van der Waals surface area contributed by atoms with Crippen LogP contribution in [0.4, 0.5) is 0 Å². The van der Waals surface area contributed by atoms with Crippen molar-refractivity contribution in [2.45, 2.75) is 43.6 Å². The predicted molar refractivity (Wildman–Crippen MR) is 84.7 cm³/mol. The van der Waals surface area contributed by atoms with Gasteiger partial charge in [0.25, 0.3) is 0 Å². The van der Waals surface area contributed by atoms with E-state index in [-0.39, 0.29) is 17.2 Å². The highest BCUT2D eigenvalue weighted by Gasteiger charge is 2.59. The molecule has 4 heteroatoms. The van der Waals surface area contributed by atoms with Crippen molar-refractivity contribution in [2.75, 3.05) is 20.3 Å². The van der Waals surface area contributed by atoms with E-state index in [2.05, 4.69) is 29.6 Å². The molecule has 0 aromatic heterocycles. The Bertz CT molecular complexity index is 545. The molecule has 0 bridgehead atoms. The molecule has 1 fully saturated rings. The van der Waals surface area contributed by atoms with Gasteiger partial charge < -0.3 is 15.2 Å². The average Bonchev–Trinajstić information content (AvgIpc) is 3.23. The number of amides is 1. The first-order valence-corrected chi connectivity index (χ1v) is 8.20. The Labute approximate surface area is 131 Å². The number of hydrogen-bond donors (Lipinski definition) is 2. The molecule has 1 spiro atoms. The van der Waals surface area contributed by atoms with E-state index in [4.69, 9.17) is 4.74 Å². The zero-order chi connectivity index (χ0) is 15.6. The van der Waals surface area contributed by atoms with E-state index < -0.39 is 6.10 Å². The maximum absolute atomic E-state index is 12.4. The molecule has 0 radical (unpaired) electrons. The van der Waals surface area contributed by atoms with Gasteiger partial charge >= 0.3 is 0 Å². The number of nitrogens with one attached hydrogen (secondary N) is 1. The topological polar surface area (TPSA) is 58.6 Å². The van der Waals surface area contributed by atoms with Gasteiger partial charge in [0.05, 0.1) is 12.7 Å². The summed E-state index contributed by atoms with van der Waals surface area (Å²) in [4.78, 5) is 12.4.